The number of aryl methyl sites for hydroxylation is 2. The number of hydrogen-bond acceptors (Lipinski definition) is 5. The lowest BCUT2D eigenvalue weighted by atomic mass is 10.0. The molecule has 1 atom stereocenters. The van der Waals surface area contributed by atoms with Crippen LogP contribution < -0.4 is 5.32 Å². The van der Waals surface area contributed by atoms with Crippen LogP contribution in [-0.4, -0.2) is 34.1 Å². The van der Waals surface area contributed by atoms with Gasteiger partial charge in [-0.3, -0.25) is 29.4 Å². The molecule has 0 radical (unpaired) electrons. The molecule has 1 aliphatic heterocycles. The van der Waals surface area contributed by atoms with Crippen LogP contribution in [0.4, 0.5) is 5.69 Å². The first kappa shape index (κ1) is 19.2. The fourth-order valence-corrected chi connectivity index (χ4v) is 3.08. The number of nitrogens with zero attached hydrogens (tertiary/aromatic N) is 2. The van der Waals surface area contributed by atoms with E-state index in [2.05, 4.69) is 5.32 Å². The Morgan fingerprint density at radius 2 is 1.75 bits per heavy atom. The van der Waals surface area contributed by atoms with E-state index in [4.69, 9.17) is 0 Å². The Hall–Kier alpha value is -3.55. The van der Waals surface area contributed by atoms with Crippen molar-refractivity contribution in [1.29, 1.82) is 0 Å². The van der Waals surface area contributed by atoms with Crippen molar-refractivity contribution >= 4 is 23.4 Å². The summed E-state index contributed by atoms with van der Waals surface area (Å²) in [6, 6.07) is 9.01. The van der Waals surface area contributed by atoms with Crippen LogP contribution >= 0.6 is 0 Å². The maximum atomic E-state index is 12.5. The van der Waals surface area contributed by atoms with Gasteiger partial charge in [0.1, 0.15) is 6.54 Å². The van der Waals surface area contributed by atoms with Crippen molar-refractivity contribution in [2.45, 2.75) is 26.8 Å². The summed E-state index contributed by atoms with van der Waals surface area (Å²) < 4.78 is 0. The average Bonchev–Trinajstić information content (AvgIpc) is 2.88. The van der Waals surface area contributed by atoms with Crippen LogP contribution in [0.25, 0.3) is 0 Å². The van der Waals surface area contributed by atoms with E-state index in [1.54, 1.807) is 0 Å². The molecule has 28 heavy (non-hydrogen) atoms. The highest BCUT2D eigenvalue weighted by atomic mass is 16.6. The fourth-order valence-electron chi connectivity index (χ4n) is 3.08. The molecule has 0 bridgehead atoms. The predicted octanol–water partition coefficient (Wildman–Crippen LogP) is 2.69. The summed E-state index contributed by atoms with van der Waals surface area (Å²) in [6.45, 7) is 5.34. The van der Waals surface area contributed by atoms with Crippen LogP contribution in [0.1, 0.15) is 50.4 Å². The molecule has 3 rings (SSSR count). The van der Waals surface area contributed by atoms with Crippen molar-refractivity contribution in [3.05, 3.63) is 74.3 Å². The maximum absolute atomic E-state index is 12.5. The van der Waals surface area contributed by atoms with Gasteiger partial charge in [0.15, 0.2) is 0 Å². The second kappa shape index (κ2) is 7.22. The molecule has 0 aliphatic carbocycles. The highest BCUT2D eigenvalue weighted by molar-refractivity contribution is 6.22. The summed E-state index contributed by atoms with van der Waals surface area (Å²) in [6.07, 6.45) is 0. The number of nitro groups is 1. The number of carbonyl (C=O) groups is 3. The van der Waals surface area contributed by atoms with E-state index in [1.807, 2.05) is 39.0 Å². The van der Waals surface area contributed by atoms with E-state index < -0.39 is 29.2 Å². The van der Waals surface area contributed by atoms with E-state index >= 15 is 0 Å². The zero-order valence-electron chi connectivity index (χ0n) is 15.7. The molecule has 144 valence electrons. The summed E-state index contributed by atoms with van der Waals surface area (Å²) in [5.74, 6) is -1.84. The molecule has 0 saturated carbocycles. The monoisotopic (exact) mass is 381 g/mol. The largest absolute Gasteiger partial charge is 0.348 e. The lowest BCUT2D eigenvalue weighted by Gasteiger charge is -2.18. The first-order chi connectivity index (χ1) is 13.2. The quantitative estimate of drug-likeness (QED) is 0.486. The second-order valence-electron chi connectivity index (χ2n) is 6.82. The van der Waals surface area contributed by atoms with Crippen molar-refractivity contribution in [3.8, 4) is 0 Å². The summed E-state index contributed by atoms with van der Waals surface area (Å²) in [4.78, 5) is 48.3. The van der Waals surface area contributed by atoms with Gasteiger partial charge < -0.3 is 5.32 Å². The maximum Gasteiger partial charge on any atom is 0.270 e. The Morgan fingerprint density at radius 1 is 1.07 bits per heavy atom. The number of amides is 3. The minimum atomic E-state index is -0.710. The van der Waals surface area contributed by atoms with Crippen molar-refractivity contribution in [1.82, 2.24) is 10.2 Å². The topological polar surface area (TPSA) is 110 Å². The van der Waals surface area contributed by atoms with Crippen LogP contribution in [0, 0.1) is 24.0 Å². The zero-order valence-corrected chi connectivity index (χ0v) is 15.7. The van der Waals surface area contributed by atoms with Crippen molar-refractivity contribution in [2.24, 2.45) is 0 Å². The molecule has 8 heteroatoms. The van der Waals surface area contributed by atoms with Crippen molar-refractivity contribution in [3.63, 3.8) is 0 Å². The van der Waals surface area contributed by atoms with E-state index in [-0.39, 0.29) is 22.9 Å². The minimum Gasteiger partial charge on any atom is -0.348 e. The third-order valence-electron chi connectivity index (χ3n) is 4.88. The van der Waals surface area contributed by atoms with Gasteiger partial charge in [0.2, 0.25) is 5.91 Å². The molecule has 0 unspecified atom stereocenters. The van der Waals surface area contributed by atoms with Gasteiger partial charge in [-0.2, -0.15) is 0 Å². The number of benzene rings is 2. The van der Waals surface area contributed by atoms with Crippen LogP contribution in [0.5, 0.6) is 0 Å². The molecule has 0 spiro atoms. The molecule has 1 heterocycles. The van der Waals surface area contributed by atoms with Gasteiger partial charge in [-0.1, -0.05) is 18.2 Å². The Bertz CT molecular complexity index is 1010. The average molecular weight is 381 g/mol. The lowest BCUT2D eigenvalue weighted by molar-refractivity contribution is -0.384. The first-order valence-electron chi connectivity index (χ1n) is 8.70. The van der Waals surface area contributed by atoms with Crippen LogP contribution in [0.2, 0.25) is 0 Å². The normalized spacial score (nSPS) is 14.0. The number of rotatable bonds is 5. The Kier molecular flexibility index (Phi) is 4.96. The number of imide groups is 1. The predicted molar refractivity (Wildman–Crippen MR) is 101 cm³/mol. The molecule has 0 saturated heterocycles. The Balaban J connectivity index is 1.72. The van der Waals surface area contributed by atoms with E-state index in [9.17, 15) is 24.5 Å². The van der Waals surface area contributed by atoms with E-state index in [0.717, 1.165) is 33.7 Å². The fraction of sp³-hybridized carbons (Fsp3) is 0.250. The van der Waals surface area contributed by atoms with Crippen molar-refractivity contribution < 1.29 is 19.3 Å². The van der Waals surface area contributed by atoms with Gasteiger partial charge >= 0.3 is 0 Å². The molecule has 0 aromatic heterocycles. The molecule has 1 aliphatic rings. The number of non-ortho nitro benzene ring substituents is 1. The SMILES string of the molecule is Cc1ccc([C@@H](C)NC(=O)CN2C(=O)c3ccc([N+](=O)[O-])cc3C2=O)cc1C. The molecule has 1 N–H and O–H groups in total. The summed E-state index contributed by atoms with van der Waals surface area (Å²) >= 11 is 0. The van der Waals surface area contributed by atoms with Gasteiger partial charge in [-0.15, -0.1) is 0 Å². The van der Waals surface area contributed by atoms with Gasteiger partial charge in [-0.25, -0.2) is 0 Å². The van der Waals surface area contributed by atoms with Gasteiger partial charge in [0, 0.05) is 12.1 Å². The molecule has 3 amide bonds. The first-order valence-corrected chi connectivity index (χ1v) is 8.70. The zero-order chi connectivity index (χ0) is 20.6. The number of fused-ring (bicyclic) bond motifs is 1. The Labute approximate surface area is 161 Å². The van der Waals surface area contributed by atoms with Crippen molar-refractivity contribution in [2.75, 3.05) is 6.54 Å². The molecular weight excluding hydrogens is 362 g/mol. The van der Waals surface area contributed by atoms with Gasteiger partial charge in [0.05, 0.1) is 22.1 Å². The standard InChI is InChI=1S/C20H19N3O5/c1-11-4-5-14(8-12(11)2)13(3)21-18(24)10-22-19(25)16-7-6-15(23(27)28)9-17(16)20(22)26/h4-9,13H,10H2,1-3H3,(H,21,24)/t13-/m1/s1. The second-order valence-corrected chi connectivity index (χ2v) is 6.82. The number of nitrogens with one attached hydrogen (secondary N) is 1. The number of carbonyl (C=O) groups excluding carboxylic acids is 3. The highest BCUT2D eigenvalue weighted by Gasteiger charge is 2.37. The molecule has 0 fully saturated rings. The van der Waals surface area contributed by atoms with E-state index in [0.29, 0.717) is 0 Å². The minimum absolute atomic E-state index is 0.0607. The summed E-state index contributed by atoms with van der Waals surface area (Å²) in [7, 11) is 0. The number of nitro benzene ring substituents is 1. The van der Waals surface area contributed by atoms with Crippen LogP contribution in [0.3, 0.4) is 0 Å². The van der Waals surface area contributed by atoms with Crippen LogP contribution in [-0.2, 0) is 4.79 Å². The lowest BCUT2D eigenvalue weighted by Crippen LogP contribution is -2.41. The summed E-state index contributed by atoms with van der Waals surface area (Å²) in [5, 5.41) is 13.7. The third kappa shape index (κ3) is 3.48. The van der Waals surface area contributed by atoms with Gasteiger partial charge in [-0.05, 0) is 43.5 Å². The molecular formula is C20H19N3O5. The van der Waals surface area contributed by atoms with Gasteiger partial charge in [0.25, 0.3) is 17.5 Å². The van der Waals surface area contributed by atoms with Crippen LogP contribution in [0.15, 0.2) is 36.4 Å². The van der Waals surface area contributed by atoms with E-state index in [1.165, 1.54) is 6.07 Å². The molecule has 2 aromatic carbocycles. The smallest absolute Gasteiger partial charge is 0.270 e. The summed E-state index contributed by atoms with van der Waals surface area (Å²) in [5.41, 5.74) is 2.87. The molecule has 2 aromatic rings. The Morgan fingerprint density at radius 3 is 2.39 bits per heavy atom. The number of hydrogen-bond donors (Lipinski definition) is 1. The third-order valence-corrected chi connectivity index (χ3v) is 4.88. The molecule has 8 nitrogen and oxygen atoms in total. The highest BCUT2D eigenvalue weighted by Crippen LogP contribution is 2.26.